The molecule has 7 nitrogen and oxygen atoms in total. The van der Waals surface area contributed by atoms with Crippen molar-refractivity contribution < 1.29 is 30.0 Å². The topological polar surface area (TPSA) is 112 Å². The Kier molecular flexibility index (Phi) is 8.74. The van der Waals surface area contributed by atoms with E-state index >= 15 is 0 Å². The molecule has 1 aliphatic heterocycles. The molecule has 0 aliphatic carbocycles. The maximum absolute atomic E-state index is 10.5. The molecule has 1 saturated heterocycles. The quantitative estimate of drug-likeness (QED) is 0.272. The fourth-order valence-corrected chi connectivity index (χ4v) is 4.38. The van der Waals surface area contributed by atoms with Gasteiger partial charge in [-0.05, 0) is 47.2 Å². The van der Waals surface area contributed by atoms with E-state index in [9.17, 15) is 20.4 Å². The summed E-state index contributed by atoms with van der Waals surface area (Å²) in [5.41, 5.74) is 5.18. The van der Waals surface area contributed by atoms with E-state index < -0.39 is 37.1 Å². The first kappa shape index (κ1) is 26.3. The van der Waals surface area contributed by atoms with Crippen molar-refractivity contribution in [3.05, 3.63) is 106 Å². The van der Waals surface area contributed by atoms with E-state index in [1.54, 1.807) is 12.1 Å². The van der Waals surface area contributed by atoms with Gasteiger partial charge >= 0.3 is 0 Å². The Bertz CT molecular complexity index is 1170. The largest absolute Gasteiger partial charge is 0.394 e. The zero-order valence-corrected chi connectivity index (χ0v) is 20.6. The van der Waals surface area contributed by atoms with Crippen LogP contribution in [0.1, 0.15) is 40.8 Å². The normalized spacial score (nSPS) is 24.5. The summed E-state index contributed by atoms with van der Waals surface area (Å²) in [5.74, 6) is 0. The zero-order chi connectivity index (χ0) is 25.7. The lowest BCUT2D eigenvalue weighted by Crippen LogP contribution is -2.55. The summed E-state index contributed by atoms with van der Waals surface area (Å²) in [4.78, 5) is 5.48. The maximum Gasteiger partial charge on any atom is 0.142 e. The molecular formula is C28H30ClNO6. The molecule has 4 N–H and O–H groups in total. The minimum Gasteiger partial charge on any atom is -0.394 e. The van der Waals surface area contributed by atoms with Crippen LogP contribution in [0.4, 0.5) is 0 Å². The number of aliphatic hydroxyl groups excluding tert-OH is 4. The average Bonchev–Trinajstić information content (AvgIpc) is 2.90. The van der Waals surface area contributed by atoms with Gasteiger partial charge in [-0.3, -0.25) is 0 Å². The van der Waals surface area contributed by atoms with Crippen LogP contribution >= 0.6 is 11.6 Å². The van der Waals surface area contributed by atoms with Gasteiger partial charge in [0.05, 0.1) is 12.3 Å². The highest BCUT2D eigenvalue weighted by molar-refractivity contribution is 6.31. The molecule has 0 amide bonds. The lowest BCUT2D eigenvalue weighted by Gasteiger charge is -2.40. The lowest BCUT2D eigenvalue weighted by atomic mass is 9.90. The Morgan fingerprint density at radius 1 is 0.917 bits per heavy atom. The smallest absolute Gasteiger partial charge is 0.142 e. The molecule has 0 bridgehead atoms. The first-order valence-corrected chi connectivity index (χ1v) is 12.1. The number of hydrogen-bond acceptors (Lipinski definition) is 7. The minimum absolute atomic E-state index is 0.402. The molecular weight excluding hydrogens is 482 g/mol. The standard InChI is InChI=1S/C28H30ClNO6/c1-17(30-35-16-19-5-3-2-4-6-19)20-9-7-18(8-10-20)13-22-14-21(11-12-23(22)29)28-27(34)26(33)25(32)24(15-31)36-28/h2-12,14,24-28,31-34H,13,15-16H2,1H3/b30-17+/t24-,25-,26+,27-,28+/m1/s1. The number of benzene rings is 3. The first-order valence-electron chi connectivity index (χ1n) is 11.8. The minimum atomic E-state index is -1.44. The Labute approximate surface area is 215 Å². The second kappa shape index (κ2) is 12.0. The predicted octanol–water partition coefficient (Wildman–Crippen LogP) is 3.39. The van der Waals surface area contributed by atoms with E-state index in [0.717, 1.165) is 28.0 Å². The molecule has 1 fully saturated rings. The SMILES string of the molecule is C/C(=N\OCc1ccccc1)c1ccc(Cc2cc([C@@H]3O[C@H](CO)[C@@H](O)[C@H](O)[C@H]3O)ccc2Cl)cc1. The molecule has 0 spiro atoms. The van der Waals surface area contributed by atoms with Crippen LogP contribution in [0.3, 0.4) is 0 Å². The third-order valence-electron chi connectivity index (χ3n) is 6.33. The number of nitrogens with zero attached hydrogens (tertiary/aromatic N) is 1. The maximum atomic E-state index is 10.5. The molecule has 1 aliphatic rings. The van der Waals surface area contributed by atoms with Gasteiger partial charge < -0.3 is 30.0 Å². The average molecular weight is 512 g/mol. The van der Waals surface area contributed by atoms with Crippen molar-refractivity contribution in [2.24, 2.45) is 5.16 Å². The highest BCUT2D eigenvalue weighted by Crippen LogP contribution is 2.34. The summed E-state index contributed by atoms with van der Waals surface area (Å²) in [6.07, 6.45) is -5.53. The van der Waals surface area contributed by atoms with Crippen LogP contribution in [0.5, 0.6) is 0 Å². The van der Waals surface area contributed by atoms with E-state index in [2.05, 4.69) is 5.16 Å². The van der Waals surface area contributed by atoms with E-state index in [4.69, 9.17) is 21.2 Å². The third kappa shape index (κ3) is 6.13. The Hall–Kier alpha value is -2.78. The highest BCUT2D eigenvalue weighted by atomic mass is 35.5. The van der Waals surface area contributed by atoms with Crippen LogP contribution in [0.25, 0.3) is 0 Å². The number of aliphatic hydroxyl groups is 4. The van der Waals surface area contributed by atoms with Crippen molar-refractivity contribution in [3.8, 4) is 0 Å². The molecule has 36 heavy (non-hydrogen) atoms. The van der Waals surface area contributed by atoms with E-state index in [0.29, 0.717) is 23.6 Å². The van der Waals surface area contributed by atoms with Gasteiger partial charge in [-0.25, -0.2) is 0 Å². The van der Waals surface area contributed by atoms with Crippen LogP contribution < -0.4 is 0 Å². The monoisotopic (exact) mass is 511 g/mol. The number of oxime groups is 1. The molecule has 0 unspecified atom stereocenters. The van der Waals surface area contributed by atoms with Crippen LogP contribution in [-0.2, 0) is 22.6 Å². The summed E-state index contributed by atoms with van der Waals surface area (Å²) in [7, 11) is 0. The summed E-state index contributed by atoms with van der Waals surface area (Å²) in [5, 5.41) is 44.9. The fourth-order valence-electron chi connectivity index (χ4n) is 4.20. The molecule has 3 aromatic carbocycles. The summed E-state index contributed by atoms with van der Waals surface area (Å²) < 4.78 is 5.69. The van der Waals surface area contributed by atoms with Gasteiger partial charge in [0.25, 0.3) is 0 Å². The molecule has 4 rings (SSSR count). The van der Waals surface area contributed by atoms with E-state index in [1.165, 1.54) is 0 Å². The highest BCUT2D eigenvalue weighted by Gasteiger charge is 2.44. The van der Waals surface area contributed by atoms with Gasteiger partial charge in [-0.15, -0.1) is 0 Å². The molecule has 5 atom stereocenters. The second-order valence-corrected chi connectivity index (χ2v) is 9.32. The van der Waals surface area contributed by atoms with Crippen molar-refractivity contribution >= 4 is 17.3 Å². The number of ether oxygens (including phenoxy) is 1. The van der Waals surface area contributed by atoms with Crippen LogP contribution in [0.15, 0.2) is 78.0 Å². The third-order valence-corrected chi connectivity index (χ3v) is 6.70. The Morgan fingerprint density at radius 2 is 1.64 bits per heavy atom. The molecule has 3 aromatic rings. The van der Waals surface area contributed by atoms with Crippen LogP contribution in [0, 0.1) is 0 Å². The predicted molar refractivity (Wildman–Crippen MR) is 137 cm³/mol. The van der Waals surface area contributed by atoms with Crippen LogP contribution in [0.2, 0.25) is 5.02 Å². The van der Waals surface area contributed by atoms with E-state index in [-0.39, 0.29) is 0 Å². The molecule has 1 heterocycles. The van der Waals surface area contributed by atoms with Gasteiger partial charge in [-0.1, -0.05) is 83.5 Å². The number of rotatable bonds is 8. The molecule has 8 heteroatoms. The molecule has 0 aromatic heterocycles. The van der Waals surface area contributed by atoms with Crippen molar-refractivity contribution in [1.82, 2.24) is 0 Å². The van der Waals surface area contributed by atoms with Crippen molar-refractivity contribution in [2.45, 2.75) is 50.5 Å². The summed E-state index contributed by atoms with van der Waals surface area (Å²) >= 11 is 6.45. The van der Waals surface area contributed by atoms with Gasteiger partial charge in [-0.2, -0.15) is 0 Å². The van der Waals surface area contributed by atoms with Crippen molar-refractivity contribution in [3.63, 3.8) is 0 Å². The van der Waals surface area contributed by atoms with Crippen molar-refractivity contribution in [2.75, 3.05) is 6.61 Å². The van der Waals surface area contributed by atoms with Crippen LogP contribution in [-0.4, -0.2) is 57.2 Å². The first-order chi connectivity index (χ1) is 17.4. The van der Waals surface area contributed by atoms with Gasteiger partial charge in [0.2, 0.25) is 0 Å². The number of halogens is 1. The zero-order valence-electron chi connectivity index (χ0n) is 19.9. The number of hydrogen-bond donors (Lipinski definition) is 4. The molecule has 190 valence electrons. The molecule has 0 saturated carbocycles. The Balaban J connectivity index is 1.44. The van der Waals surface area contributed by atoms with Crippen molar-refractivity contribution in [1.29, 1.82) is 0 Å². The summed E-state index contributed by atoms with van der Waals surface area (Å²) in [6.45, 7) is 1.81. The lowest BCUT2D eigenvalue weighted by molar-refractivity contribution is -0.231. The van der Waals surface area contributed by atoms with Gasteiger partial charge in [0.1, 0.15) is 37.1 Å². The molecule has 0 radical (unpaired) electrons. The van der Waals surface area contributed by atoms with E-state index in [1.807, 2.05) is 67.6 Å². The fraction of sp³-hybridized carbons (Fsp3) is 0.321. The van der Waals surface area contributed by atoms with Gasteiger partial charge in [0, 0.05) is 5.02 Å². The summed E-state index contributed by atoms with van der Waals surface area (Å²) in [6, 6.07) is 23.0. The second-order valence-electron chi connectivity index (χ2n) is 8.91. The Morgan fingerprint density at radius 3 is 2.33 bits per heavy atom. The van der Waals surface area contributed by atoms with Gasteiger partial charge in [0.15, 0.2) is 0 Å².